The van der Waals surface area contributed by atoms with Crippen molar-refractivity contribution in [1.82, 2.24) is 4.90 Å². The minimum absolute atomic E-state index is 0.168. The zero-order valence-electron chi connectivity index (χ0n) is 10.3. The highest BCUT2D eigenvalue weighted by Crippen LogP contribution is 2.22. The number of carboxylic acid groups (broad SMARTS) is 1. The standard InChI is InChI=1S/C13H15BrN2O3/c14-10-4-9(5-11(15)6-10)12(17)16-3-1-2-8(7-16)13(18)19/h4-6,8H,1-3,7,15H2,(H,18,19). The molecular formula is C13H15BrN2O3. The van der Waals surface area contributed by atoms with Crippen LogP contribution in [0, 0.1) is 5.92 Å². The number of halogens is 1. The SMILES string of the molecule is Nc1cc(Br)cc(C(=O)N2CCCC(C(=O)O)C2)c1. The Labute approximate surface area is 119 Å². The number of aliphatic carboxylic acids is 1. The van der Waals surface area contributed by atoms with Crippen molar-refractivity contribution in [2.24, 2.45) is 5.92 Å². The van der Waals surface area contributed by atoms with E-state index in [1.165, 1.54) is 0 Å². The highest BCUT2D eigenvalue weighted by Gasteiger charge is 2.28. The number of nitrogens with zero attached hydrogens (tertiary/aromatic N) is 1. The number of nitrogen functional groups attached to an aromatic ring is 1. The fourth-order valence-corrected chi connectivity index (χ4v) is 2.79. The number of piperidine rings is 1. The molecule has 19 heavy (non-hydrogen) atoms. The Kier molecular flexibility index (Phi) is 4.09. The molecule has 1 heterocycles. The van der Waals surface area contributed by atoms with Crippen molar-refractivity contribution in [3.05, 3.63) is 28.2 Å². The first-order valence-electron chi connectivity index (χ1n) is 6.05. The second kappa shape index (κ2) is 5.61. The minimum Gasteiger partial charge on any atom is -0.481 e. The predicted octanol–water partition coefficient (Wildman–Crippen LogP) is 1.97. The molecule has 0 spiro atoms. The topological polar surface area (TPSA) is 83.6 Å². The highest BCUT2D eigenvalue weighted by atomic mass is 79.9. The van der Waals surface area contributed by atoms with Crippen molar-refractivity contribution in [3.63, 3.8) is 0 Å². The molecule has 6 heteroatoms. The van der Waals surface area contributed by atoms with E-state index in [9.17, 15) is 9.59 Å². The number of carbonyl (C=O) groups excluding carboxylic acids is 1. The maximum Gasteiger partial charge on any atom is 0.308 e. The first-order valence-corrected chi connectivity index (χ1v) is 6.85. The molecule has 1 atom stereocenters. The lowest BCUT2D eigenvalue weighted by Crippen LogP contribution is -2.42. The summed E-state index contributed by atoms with van der Waals surface area (Å²) in [6.07, 6.45) is 1.34. The fraction of sp³-hybridized carbons (Fsp3) is 0.385. The van der Waals surface area contributed by atoms with Gasteiger partial charge in [0.15, 0.2) is 0 Å². The first kappa shape index (κ1) is 13.9. The van der Waals surface area contributed by atoms with Gasteiger partial charge in [-0.15, -0.1) is 0 Å². The van der Waals surface area contributed by atoms with Gasteiger partial charge in [0.25, 0.3) is 5.91 Å². The van der Waals surface area contributed by atoms with Crippen LogP contribution >= 0.6 is 15.9 Å². The third kappa shape index (κ3) is 3.26. The Morgan fingerprint density at radius 2 is 2.11 bits per heavy atom. The van der Waals surface area contributed by atoms with Gasteiger partial charge in [-0.2, -0.15) is 0 Å². The van der Waals surface area contributed by atoms with E-state index < -0.39 is 11.9 Å². The monoisotopic (exact) mass is 326 g/mol. The van der Waals surface area contributed by atoms with Crippen molar-refractivity contribution >= 4 is 33.5 Å². The van der Waals surface area contributed by atoms with Gasteiger partial charge in [0.1, 0.15) is 0 Å². The number of anilines is 1. The quantitative estimate of drug-likeness (QED) is 0.814. The Morgan fingerprint density at radius 1 is 1.37 bits per heavy atom. The zero-order chi connectivity index (χ0) is 14.0. The molecule has 1 unspecified atom stereocenters. The van der Waals surface area contributed by atoms with Crippen molar-refractivity contribution in [2.75, 3.05) is 18.8 Å². The average Bonchev–Trinajstić information content (AvgIpc) is 2.37. The van der Waals surface area contributed by atoms with E-state index in [-0.39, 0.29) is 12.5 Å². The van der Waals surface area contributed by atoms with E-state index in [1.807, 2.05) is 0 Å². The van der Waals surface area contributed by atoms with Crippen LogP contribution < -0.4 is 5.73 Å². The van der Waals surface area contributed by atoms with Crippen LogP contribution in [0.1, 0.15) is 23.2 Å². The van der Waals surface area contributed by atoms with Crippen LogP contribution in [0.25, 0.3) is 0 Å². The number of likely N-dealkylation sites (tertiary alicyclic amines) is 1. The molecule has 0 aromatic heterocycles. The number of amides is 1. The lowest BCUT2D eigenvalue weighted by Gasteiger charge is -2.30. The van der Waals surface area contributed by atoms with E-state index in [4.69, 9.17) is 10.8 Å². The molecule has 1 amide bonds. The molecule has 102 valence electrons. The second-order valence-corrected chi connectivity index (χ2v) is 5.62. The molecule has 0 saturated carbocycles. The Balaban J connectivity index is 2.16. The van der Waals surface area contributed by atoms with Gasteiger partial charge >= 0.3 is 5.97 Å². The number of nitrogens with two attached hydrogens (primary N) is 1. The molecule has 1 aliphatic heterocycles. The first-order chi connectivity index (χ1) is 8.97. The average molecular weight is 327 g/mol. The van der Waals surface area contributed by atoms with Gasteiger partial charge in [0, 0.05) is 28.8 Å². The third-order valence-corrected chi connectivity index (χ3v) is 3.68. The number of rotatable bonds is 2. The molecule has 0 aliphatic carbocycles. The summed E-state index contributed by atoms with van der Waals surface area (Å²) < 4.78 is 0.739. The van der Waals surface area contributed by atoms with Crippen molar-refractivity contribution in [3.8, 4) is 0 Å². The predicted molar refractivity (Wildman–Crippen MR) is 74.8 cm³/mol. The summed E-state index contributed by atoms with van der Waals surface area (Å²) in [7, 11) is 0. The van der Waals surface area contributed by atoms with Crippen LogP contribution in [0.2, 0.25) is 0 Å². The molecule has 5 nitrogen and oxygen atoms in total. The summed E-state index contributed by atoms with van der Waals surface area (Å²) >= 11 is 3.30. The van der Waals surface area contributed by atoms with Crippen molar-refractivity contribution in [1.29, 1.82) is 0 Å². The molecule has 2 rings (SSSR count). The normalized spacial score (nSPS) is 19.2. The fourth-order valence-electron chi connectivity index (χ4n) is 2.28. The maximum atomic E-state index is 12.3. The smallest absolute Gasteiger partial charge is 0.308 e. The summed E-state index contributed by atoms with van der Waals surface area (Å²) in [4.78, 5) is 24.9. The second-order valence-electron chi connectivity index (χ2n) is 4.70. The van der Waals surface area contributed by atoms with Crippen LogP contribution in [0.15, 0.2) is 22.7 Å². The van der Waals surface area contributed by atoms with Crippen LogP contribution in [0.3, 0.4) is 0 Å². The third-order valence-electron chi connectivity index (χ3n) is 3.22. The Bertz CT molecular complexity index is 498. The lowest BCUT2D eigenvalue weighted by atomic mass is 9.97. The summed E-state index contributed by atoms with van der Waals surface area (Å²) in [6.45, 7) is 0.857. The summed E-state index contributed by atoms with van der Waals surface area (Å²) in [5.74, 6) is -1.48. The number of carbonyl (C=O) groups is 2. The van der Waals surface area contributed by atoms with E-state index >= 15 is 0 Å². The summed E-state index contributed by atoms with van der Waals surface area (Å²) in [5, 5.41) is 9.03. The van der Waals surface area contributed by atoms with Gasteiger partial charge in [-0.25, -0.2) is 0 Å². The van der Waals surface area contributed by atoms with Gasteiger partial charge in [0.05, 0.1) is 5.92 Å². The molecule has 0 bridgehead atoms. The summed E-state index contributed by atoms with van der Waals surface area (Å²) in [5.41, 5.74) is 6.70. The molecule has 0 radical (unpaired) electrons. The number of hydrogen-bond donors (Lipinski definition) is 2. The lowest BCUT2D eigenvalue weighted by molar-refractivity contribution is -0.143. The number of hydrogen-bond acceptors (Lipinski definition) is 3. The van der Waals surface area contributed by atoms with Gasteiger partial charge in [0.2, 0.25) is 0 Å². The van der Waals surface area contributed by atoms with Gasteiger partial charge in [-0.3, -0.25) is 9.59 Å². The van der Waals surface area contributed by atoms with E-state index in [0.717, 1.165) is 4.47 Å². The number of benzene rings is 1. The van der Waals surface area contributed by atoms with Crippen molar-refractivity contribution in [2.45, 2.75) is 12.8 Å². The van der Waals surface area contributed by atoms with Crippen molar-refractivity contribution < 1.29 is 14.7 Å². The van der Waals surface area contributed by atoms with Crippen LogP contribution in [-0.2, 0) is 4.79 Å². The highest BCUT2D eigenvalue weighted by molar-refractivity contribution is 9.10. The van der Waals surface area contributed by atoms with Gasteiger partial charge in [-0.1, -0.05) is 15.9 Å². The molecule has 3 N–H and O–H groups in total. The van der Waals surface area contributed by atoms with Gasteiger partial charge in [-0.05, 0) is 31.0 Å². The van der Waals surface area contributed by atoms with E-state index in [0.29, 0.717) is 30.6 Å². The van der Waals surface area contributed by atoms with E-state index in [1.54, 1.807) is 23.1 Å². The van der Waals surface area contributed by atoms with Gasteiger partial charge < -0.3 is 15.7 Å². The maximum absolute atomic E-state index is 12.3. The molecule has 1 fully saturated rings. The van der Waals surface area contributed by atoms with E-state index in [2.05, 4.69) is 15.9 Å². The molecule has 1 aliphatic rings. The molecule has 1 aromatic carbocycles. The Hall–Kier alpha value is -1.56. The van der Waals surface area contributed by atoms with Crippen LogP contribution in [0.5, 0.6) is 0 Å². The summed E-state index contributed by atoms with van der Waals surface area (Å²) in [6, 6.07) is 5.02. The molecule has 1 saturated heterocycles. The van der Waals surface area contributed by atoms with Crippen LogP contribution in [0.4, 0.5) is 5.69 Å². The van der Waals surface area contributed by atoms with Crippen LogP contribution in [-0.4, -0.2) is 35.0 Å². The number of carboxylic acids is 1. The largest absolute Gasteiger partial charge is 0.481 e. The molecule has 1 aromatic rings. The minimum atomic E-state index is -0.841. The molecular weight excluding hydrogens is 312 g/mol. The Morgan fingerprint density at radius 3 is 2.74 bits per heavy atom. The zero-order valence-corrected chi connectivity index (χ0v) is 11.9.